The van der Waals surface area contributed by atoms with Gasteiger partial charge < -0.3 is 25.2 Å². The average molecular weight is 397 g/mol. The van der Waals surface area contributed by atoms with E-state index in [1.54, 1.807) is 23.8 Å². The van der Waals surface area contributed by atoms with Crippen LogP contribution in [0.4, 0.5) is 5.69 Å². The summed E-state index contributed by atoms with van der Waals surface area (Å²) in [4.78, 5) is 31.3. The normalized spacial score (nSPS) is 21.2. The number of ether oxygens (including phenoxy) is 1. The van der Waals surface area contributed by atoms with E-state index < -0.39 is 11.6 Å². The Kier molecular flexibility index (Phi) is 6.72. The molecule has 0 bridgehead atoms. The average Bonchev–Trinajstić information content (AvgIpc) is 2.92. The number of methoxy groups -OCH3 is 1. The number of hydrogen-bond donors (Lipinski definition) is 1. The van der Waals surface area contributed by atoms with Crippen LogP contribution < -0.4 is 10.6 Å². The molecule has 2 saturated heterocycles. The maximum atomic E-state index is 13.0. The maximum Gasteiger partial charge on any atom is 0.249 e. The molecule has 0 radical (unpaired) electrons. The molecule has 3 rings (SSSR count). The van der Waals surface area contributed by atoms with Gasteiger partial charge >= 0.3 is 0 Å². The Labute approximate surface area is 166 Å². The van der Waals surface area contributed by atoms with Gasteiger partial charge in [0.15, 0.2) is 0 Å². The van der Waals surface area contributed by atoms with E-state index in [0.717, 1.165) is 5.69 Å². The van der Waals surface area contributed by atoms with E-state index in [1.165, 1.54) is 0 Å². The maximum absolute atomic E-state index is 13.0. The van der Waals surface area contributed by atoms with Crippen molar-refractivity contribution in [1.82, 2.24) is 9.80 Å². The SMILES string of the molecule is CO[C@@H](C)[C@@H](N)C(=O)N1CCC2(CC1)C(=O)N(C)CN2c1ccccc1.Cl. The Morgan fingerprint density at radius 1 is 1.22 bits per heavy atom. The predicted molar refractivity (Wildman–Crippen MR) is 107 cm³/mol. The van der Waals surface area contributed by atoms with E-state index in [4.69, 9.17) is 10.5 Å². The van der Waals surface area contributed by atoms with Gasteiger partial charge in [0, 0.05) is 32.9 Å². The summed E-state index contributed by atoms with van der Waals surface area (Å²) in [6.07, 6.45) is 0.869. The topological polar surface area (TPSA) is 79.1 Å². The standard InChI is InChI=1S/C19H28N4O3.ClH/c1-14(26-3)16(20)17(24)22-11-9-19(10-12-22)18(25)21(2)13-23(19)15-7-5-4-6-8-15;/h4-8,14,16H,9-13,20H2,1-3H3;1H/t14-,16+;/m0./s1. The number of anilines is 1. The number of halogens is 1. The largest absolute Gasteiger partial charge is 0.380 e. The third kappa shape index (κ3) is 3.77. The zero-order valence-corrected chi connectivity index (χ0v) is 16.9. The Morgan fingerprint density at radius 3 is 2.37 bits per heavy atom. The van der Waals surface area contributed by atoms with Crippen molar-refractivity contribution < 1.29 is 14.3 Å². The van der Waals surface area contributed by atoms with Gasteiger partial charge in [0.2, 0.25) is 11.8 Å². The van der Waals surface area contributed by atoms with Crippen LogP contribution in [0.25, 0.3) is 0 Å². The second-order valence-corrected chi connectivity index (χ2v) is 7.23. The van der Waals surface area contributed by atoms with Crippen LogP contribution in [0.3, 0.4) is 0 Å². The molecule has 7 nitrogen and oxygen atoms in total. The van der Waals surface area contributed by atoms with Gasteiger partial charge in [0.05, 0.1) is 12.8 Å². The van der Waals surface area contributed by atoms with Crippen LogP contribution in [0.5, 0.6) is 0 Å². The molecular weight excluding hydrogens is 368 g/mol. The first-order chi connectivity index (χ1) is 12.4. The first-order valence-electron chi connectivity index (χ1n) is 9.06. The highest BCUT2D eigenvalue weighted by atomic mass is 35.5. The number of likely N-dealkylation sites (tertiary alicyclic amines) is 1. The summed E-state index contributed by atoms with van der Waals surface area (Å²) in [7, 11) is 3.38. The summed E-state index contributed by atoms with van der Waals surface area (Å²) < 4.78 is 5.18. The fourth-order valence-corrected chi connectivity index (χ4v) is 3.96. The van der Waals surface area contributed by atoms with Gasteiger partial charge in [-0.2, -0.15) is 0 Å². The Bertz CT molecular complexity index is 664. The molecule has 2 N–H and O–H groups in total. The second kappa shape index (κ2) is 8.46. The highest BCUT2D eigenvalue weighted by Gasteiger charge is 2.53. The number of amides is 2. The molecule has 8 heteroatoms. The first kappa shape index (κ1) is 21.5. The van der Waals surface area contributed by atoms with E-state index in [9.17, 15) is 9.59 Å². The summed E-state index contributed by atoms with van der Waals surface area (Å²) in [5.74, 6) is 0.0160. The third-order valence-corrected chi connectivity index (χ3v) is 5.75. The minimum absolute atomic E-state index is 0. The number of nitrogens with two attached hydrogens (primary N) is 1. The van der Waals surface area contributed by atoms with Gasteiger partial charge in [-0.25, -0.2) is 0 Å². The highest BCUT2D eigenvalue weighted by Crippen LogP contribution is 2.39. The molecule has 2 atom stereocenters. The lowest BCUT2D eigenvalue weighted by atomic mass is 9.85. The molecule has 2 fully saturated rings. The summed E-state index contributed by atoms with van der Waals surface area (Å²) in [5, 5.41) is 0. The fraction of sp³-hybridized carbons (Fsp3) is 0.579. The molecule has 2 heterocycles. The summed E-state index contributed by atoms with van der Waals surface area (Å²) in [6.45, 7) is 3.40. The van der Waals surface area contributed by atoms with Crippen LogP contribution in [0, 0.1) is 0 Å². The van der Waals surface area contributed by atoms with E-state index in [-0.39, 0.29) is 30.3 Å². The van der Waals surface area contributed by atoms with Crippen molar-refractivity contribution in [3.63, 3.8) is 0 Å². The van der Waals surface area contributed by atoms with Crippen molar-refractivity contribution in [3.8, 4) is 0 Å². The van der Waals surface area contributed by atoms with Crippen molar-refractivity contribution in [3.05, 3.63) is 30.3 Å². The number of hydrogen-bond acceptors (Lipinski definition) is 5. The Hall–Kier alpha value is -1.83. The number of piperidine rings is 1. The smallest absolute Gasteiger partial charge is 0.249 e. The van der Waals surface area contributed by atoms with E-state index in [2.05, 4.69) is 4.90 Å². The molecule has 27 heavy (non-hydrogen) atoms. The molecule has 0 unspecified atom stereocenters. The molecule has 1 spiro atoms. The van der Waals surface area contributed by atoms with Gasteiger partial charge in [-0.3, -0.25) is 9.59 Å². The molecular formula is C19H29ClN4O3. The number of benzene rings is 1. The summed E-state index contributed by atoms with van der Waals surface area (Å²) in [6, 6.07) is 9.31. The number of nitrogens with zero attached hydrogens (tertiary/aromatic N) is 3. The van der Waals surface area contributed by atoms with Crippen LogP contribution in [-0.2, 0) is 14.3 Å². The lowest BCUT2D eigenvalue weighted by Gasteiger charge is -2.44. The van der Waals surface area contributed by atoms with Crippen molar-refractivity contribution >= 4 is 29.9 Å². The van der Waals surface area contributed by atoms with Crippen LogP contribution in [0.1, 0.15) is 19.8 Å². The molecule has 2 aliphatic rings. The van der Waals surface area contributed by atoms with Crippen molar-refractivity contribution in [2.45, 2.75) is 37.5 Å². The van der Waals surface area contributed by atoms with Crippen molar-refractivity contribution in [2.75, 3.05) is 38.8 Å². The van der Waals surface area contributed by atoms with Crippen LogP contribution in [0.15, 0.2) is 30.3 Å². The summed E-state index contributed by atoms with van der Waals surface area (Å²) in [5.41, 5.74) is 6.47. The minimum atomic E-state index is -0.679. The van der Waals surface area contributed by atoms with Crippen LogP contribution >= 0.6 is 12.4 Å². The molecule has 2 amide bonds. The number of carbonyl (C=O) groups excluding carboxylic acids is 2. The van der Waals surface area contributed by atoms with Gasteiger partial charge in [-0.05, 0) is 31.9 Å². The molecule has 2 aliphatic heterocycles. The Morgan fingerprint density at radius 2 is 1.81 bits per heavy atom. The second-order valence-electron chi connectivity index (χ2n) is 7.23. The number of rotatable bonds is 4. The molecule has 1 aromatic rings. The lowest BCUT2D eigenvalue weighted by molar-refractivity contribution is -0.140. The van der Waals surface area contributed by atoms with E-state index >= 15 is 0 Å². The number of carbonyl (C=O) groups is 2. The third-order valence-electron chi connectivity index (χ3n) is 5.75. The summed E-state index contributed by atoms with van der Waals surface area (Å²) >= 11 is 0. The highest BCUT2D eigenvalue weighted by molar-refractivity contribution is 5.94. The number of para-hydroxylation sites is 1. The van der Waals surface area contributed by atoms with Gasteiger partial charge in [0.1, 0.15) is 11.6 Å². The van der Waals surface area contributed by atoms with Gasteiger partial charge in [0.25, 0.3) is 0 Å². The van der Waals surface area contributed by atoms with E-state index in [1.807, 2.05) is 37.4 Å². The molecule has 1 aromatic carbocycles. The first-order valence-corrected chi connectivity index (χ1v) is 9.06. The molecule has 0 saturated carbocycles. The van der Waals surface area contributed by atoms with E-state index in [0.29, 0.717) is 32.6 Å². The molecule has 0 aromatic heterocycles. The van der Waals surface area contributed by atoms with Crippen molar-refractivity contribution in [1.29, 1.82) is 0 Å². The van der Waals surface area contributed by atoms with Crippen LogP contribution in [0.2, 0.25) is 0 Å². The molecule has 150 valence electrons. The Balaban J connectivity index is 0.00000261. The van der Waals surface area contributed by atoms with Crippen molar-refractivity contribution in [2.24, 2.45) is 5.73 Å². The van der Waals surface area contributed by atoms with Gasteiger partial charge in [-0.15, -0.1) is 12.4 Å². The lowest BCUT2D eigenvalue weighted by Crippen LogP contribution is -2.59. The number of likely N-dealkylation sites (N-methyl/N-ethyl adjacent to an activating group) is 1. The zero-order chi connectivity index (χ0) is 18.9. The monoisotopic (exact) mass is 396 g/mol. The minimum Gasteiger partial charge on any atom is -0.380 e. The predicted octanol–water partition coefficient (Wildman–Crippen LogP) is 1.07. The fourth-order valence-electron chi connectivity index (χ4n) is 3.96. The van der Waals surface area contributed by atoms with Gasteiger partial charge in [-0.1, -0.05) is 18.2 Å². The zero-order valence-electron chi connectivity index (χ0n) is 16.1. The quantitative estimate of drug-likeness (QED) is 0.823. The molecule has 0 aliphatic carbocycles. The van der Waals surface area contributed by atoms with Crippen LogP contribution in [-0.4, -0.2) is 73.2 Å².